The van der Waals surface area contributed by atoms with Crippen molar-refractivity contribution < 1.29 is 29.4 Å². The zero-order chi connectivity index (χ0) is 21.7. The monoisotopic (exact) mass is 416 g/mol. The van der Waals surface area contributed by atoms with Gasteiger partial charge in [0.05, 0.1) is 0 Å². The van der Waals surface area contributed by atoms with Gasteiger partial charge in [0.1, 0.15) is 12.1 Å². The predicted molar refractivity (Wildman–Crippen MR) is 108 cm³/mol. The molecular weight excluding hydrogens is 388 g/mol. The van der Waals surface area contributed by atoms with Gasteiger partial charge in [0.25, 0.3) is 0 Å². The van der Waals surface area contributed by atoms with Crippen molar-refractivity contribution in [1.29, 1.82) is 0 Å². The van der Waals surface area contributed by atoms with Crippen molar-refractivity contribution in [2.75, 3.05) is 13.1 Å². The number of rotatable bonds is 8. The predicted octanol–water partition coefficient (Wildman–Crippen LogP) is 1.70. The number of carboxylic acids is 2. The number of aliphatic carboxylic acids is 2. The molecule has 2 amide bonds. The van der Waals surface area contributed by atoms with Crippen LogP contribution in [0, 0.1) is 0 Å². The van der Waals surface area contributed by atoms with Crippen molar-refractivity contribution in [2.24, 2.45) is 0 Å². The van der Waals surface area contributed by atoms with Crippen LogP contribution in [0.4, 0.5) is 0 Å². The number of hydrogen-bond donors (Lipinski definition) is 2. The van der Waals surface area contributed by atoms with Crippen LogP contribution >= 0.6 is 0 Å². The van der Waals surface area contributed by atoms with Crippen molar-refractivity contribution in [3.63, 3.8) is 0 Å². The van der Waals surface area contributed by atoms with E-state index in [0.717, 1.165) is 24.0 Å². The molecule has 3 rings (SSSR count). The van der Waals surface area contributed by atoms with Crippen LogP contribution in [0.1, 0.15) is 49.7 Å². The minimum Gasteiger partial charge on any atom is -0.480 e. The van der Waals surface area contributed by atoms with Crippen molar-refractivity contribution in [1.82, 2.24) is 9.80 Å². The number of amides is 2. The second kappa shape index (κ2) is 9.73. The molecule has 0 bridgehead atoms. The maximum Gasteiger partial charge on any atom is 0.326 e. The second-order valence-corrected chi connectivity index (χ2v) is 7.98. The molecule has 8 heteroatoms. The Morgan fingerprint density at radius 3 is 1.43 bits per heavy atom. The van der Waals surface area contributed by atoms with Crippen LogP contribution in [0.2, 0.25) is 0 Å². The highest BCUT2D eigenvalue weighted by atomic mass is 16.4. The minimum absolute atomic E-state index is 0.131. The molecule has 0 unspecified atom stereocenters. The number of nitrogens with zero attached hydrogens (tertiary/aromatic N) is 2. The Hall–Kier alpha value is -2.90. The first kappa shape index (κ1) is 21.8. The fraction of sp³-hybridized carbons (Fsp3) is 0.545. The largest absolute Gasteiger partial charge is 0.480 e. The van der Waals surface area contributed by atoms with Crippen LogP contribution in [-0.2, 0) is 32.0 Å². The van der Waals surface area contributed by atoms with E-state index in [2.05, 4.69) is 0 Å². The molecule has 1 aromatic rings. The zero-order valence-corrected chi connectivity index (χ0v) is 17.0. The van der Waals surface area contributed by atoms with Gasteiger partial charge >= 0.3 is 11.9 Å². The lowest BCUT2D eigenvalue weighted by Gasteiger charge is -2.21. The molecule has 1 aromatic carbocycles. The lowest BCUT2D eigenvalue weighted by molar-refractivity contribution is -0.148. The third-order valence-electron chi connectivity index (χ3n) is 5.99. The molecule has 8 nitrogen and oxygen atoms in total. The fourth-order valence-corrected chi connectivity index (χ4v) is 4.31. The van der Waals surface area contributed by atoms with Crippen LogP contribution in [-0.4, -0.2) is 68.9 Å². The van der Waals surface area contributed by atoms with Gasteiger partial charge in [0.2, 0.25) is 11.8 Å². The van der Waals surface area contributed by atoms with Crippen LogP contribution < -0.4 is 0 Å². The lowest BCUT2D eigenvalue weighted by Crippen LogP contribution is -2.40. The molecule has 0 spiro atoms. The summed E-state index contributed by atoms with van der Waals surface area (Å²) in [7, 11) is 0. The summed E-state index contributed by atoms with van der Waals surface area (Å²) in [6.07, 6.45) is 4.09. The van der Waals surface area contributed by atoms with Gasteiger partial charge in [-0.05, 0) is 49.7 Å². The number of hydrogen-bond acceptors (Lipinski definition) is 4. The van der Waals surface area contributed by atoms with E-state index in [1.165, 1.54) is 9.80 Å². The maximum atomic E-state index is 12.4. The second-order valence-electron chi connectivity index (χ2n) is 7.98. The van der Waals surface area contributed by atoms with Crippen molar-refractivity contribution >= 4 is 23.8 Å². The van der Waals surface area contributed by atoms with E-state index in [1.807, 2.05) is 24.3 Å². The first-order chi connectivity index (χ1) is 14.4. The number of carboxylic acid groups (broad SMARTS) is 2. The molecule has 0 aliphatic carbocycles. The summed E-state index contributed by atoms with van der Waals surface area (Å²) in [4.78, 5) is 50.1. The van der Waals surface area contributed by atoms with E-state index in [9.17, 15) is 29.4 Å². The van der Waals surface area contributed by atoms with Gasteiger partial charge in [0, 0.05) is 25.9 Å². The molecule has 2 N–H and O–H groups in total. The van der Waals surface area contributed by atoms with Gasteiger partial charge in [-0.3, -0.25) is 9.59 Å². The Morgan fingerprint density at radius 2 is 1.10 bits per heavy atom. The van der Waals surface area contributed by atoms with Crippen LogP contribution in [0.15, 0.2) is 24.3 Å². The van der Waals surface area contributed by atoms with Crippen LogP contribution in [0.25, 0.3) is 0 Å². The summed E-state index contributed by atoms with van der Waals surface area (Å²) < 4.78 is 0. The average Bonchev–Trinajstić information content (AvgIpc) is 3.40. The van der Waals surface area contributed by atoms with Crippen LogP contribution in [0.3, 0.4) is 0 Å². The van der Waals surface area contributed by atoms with E-state index in [4.69, 9.17) is 0 Å². The average molecular weight is 416 g/mol. The van der Waals surface area contributed by atoms with Crippen LogP contribution in [0.5, 0.6) is 0 Å². The Morgan fingerprint density at radius 1 is 0.733 bits per heavy atom. The van der Waals surface area contributed by atoms with Crippen molar-refractivity contribution in [3.8, 4) is 0 Å². The molecule has 2 fully saturated rings. The Balaban J connectivity index is 1.46. The Kier molecular flexibility index (Phi) is 7.07. The number of carbonyl (C=O) groups is 4. The molecule has 2 heterocycles. The SMILES string of the molecule is O=C(O)[C@H]1CCCN1C(=O)CCc1ccc(CCC(=O)N2CCC[C@@H]2C(=O)O)cc1. The molecule has 30 heavy (non-hydrogen) atoms. The molecular formula is C22H28N2O6. The third kappa shape index (κ3) is 5.17. The smallest absolute Gasteiger partial charge is 0.326 e. The molecule has 0 saturated carbocycles. The molecule has 2 aliphatic heterocycles. The van der Waals surface area contributed by atoms with E-state index in [-0.39, 0.29) is 24.7 Å². The molecule has 2 saturated heterocycles. The van der Waals surface area contributed by atoms with Gasteiger partial charge in [-0.25, -0.2) is 9.59 Å². The third-order valence-corrected chi connectivity index (χ3v) is 5.99. The Labute approximate surface area is 175 Å². The summed E-state index contributed by atoms with van der Waals surface area (Å²) >= 11 is 0. The molecule has 0 radical (unpaired) electrons. The van der Waals surface area contributed by atoms with Gasteiger partial charge < -0.3 is 20.0 Å². The first-order valence-corrected chi connectivity index (χ1v) is 10.5. The number of likely N-dealkylation sites (tertiary alicyclic amines) is 2. The van der Waals surface area contributed by atoms with Gasteiger partial charge in [-0.1, -0.05) is 24.3 Å². The van der Waals surface area contributed by atoms with E-state index in [0.29, 0.717) is 38.8 Å². The van der Waals surface area contributed by atoms with Gasteiger partial charge in [-0.2, -0.15) is 0 Å². The summed E-state index contributed by atoms with van der Waals surface area (Å²) in [5.41, 5.74) is 1.96. The van der Waals surface area contributed by atoms with Gasteiger partial charge in [-0.15, -0.1) is 0 Å². The summed E-state index contributed by atoms with van der Waals surface area (Å²) in [5.74, 6) is -2.15. The molecule has 2 aliphatic rings. The van der Waals surface area contributed by atoms with Crippen molar-refractivity contribution in [3.05, 3.63) is 35.4 Å². The molecule has 2 atom stereocenters. The number of aryl methyl sites for hydroxylation is 2. The fourth-order valence-electron chi connectivity index (χ4n) is 4.31. The highest BCUT2D eigenvalue weighted by molar-refractivity contribution is 5.85. The zero-order valence-electron chi connectivity index (χ0n) is 17.0. The summed E-state index contributed by atoms with van der Waals surface area (Å²) in [6.45, 7) is 1.00. The van der Waals surface area contributed by atoms with Gasteiger partial charge in [0.15, 0.2) is 0 Å². The summed E-state index contributed by atoms with van der Waals surface area (Å²) in [5, 5.41) is 18.4. The highest BCUT2D eigenvalue weighted by Crippen LogP contribution is 2.21. The molecule has 162 valence electrons. The standard InChI is InChI=1S/C22H28N2O6/c25-19(23-13-1-3-17(23)21(27)28)11-9-15-5-7-16(8-6-15)10-12-20(26)24-14-2-4-18(24)22(29)30/h5-8,17-18H,1-4,9-14H2,(H,27,28)(H,29,30)/t17-,18-/m1/s1. The number of benzene rings is 1. The quantitative estimate of drug-likeness (QED) is 0.667. The molecule has 0 aromatic heterocycles. The maximum absolute atomic E-state index is 12.4. The van der Waals surface area contributed by atoms with E-state index < -0.39 is 24.0 Å². The lowest BCUT2D eigenvalue weighted by atomic mass is 10.0. The Bertz CT molecular complexity index is 739. The topological polar surface area (TPSA) is 115 Å². The number of carbonyl (C=O) groups excluding carboxylic acids is 2. The minimum atomic E-state index is -0.941. The highest BCUT2D eigenvalue weighted by Gasteiger charge is 2.34. The first-order valence-electron chi connectivity index (χ1n) is 10.5. The van der Waals surface area contributed by atoms with E-state index in [1.54, 1.807) is 0 Å². The normalized spacial score (nSPS) is 21.1. The summed E-state index contributed by atoms with van der Waals surface area (Å²) in [6, 6.07) is 6.27. The van der Waals surface area contributed by atoms with E-state index >= 15 is 0 Å². The van der Waals surface area contributed by atoms with Crippen molar-refractivity contribution in [2.45, 2.75) is 63.5 Å².